The number of amides is 2. The van der Waals surface area contributed by atoms with Gasteiger partial charge in [-0.3, -0.25) is 14.4 Å². The van der Waals surface area contributed by atoms with E-state index in [-0.39, 0.29) is 6.61 Å². The third-order valence-corrected chi connectivity index (χ3v) is 3.95. The number of ether oxygens (including phenoxy) is 2. The molecule has 0 radical (unpaired) electrons. The summed E-state index contributed by atoms with van der Waals surface area (Å²) in [5, 5.41) is 2.96. The molecule has 0 aromatic heterocycles. The number of hydrogen-bond acceptors (Lipinski definition) is 7. The van der Waals surface area contributed by atoms with Gasteiger partial charge in [0.25, 0.3) is 5.91 Å². The molecule has 4 aliphatic rings. The first kappa shape index (κ1) is 17.6. The van der Waals surface area contributed by atoms with E-state index < -0.39 is 35.5 Å². The van der Waals surface area contributed by atoms with Crippen LogP contribution in [0.5, 0.6) is 0 Å². The molecule has 26 heavy (non-hydrogen) atoms. The Bertz CT molecular complexity index is 781. The van der Waals surface area contributed by atoms with E-state index in [2.05, 4.69) is 34.3 Å². The molecular formula is C17H16N2O7. The van der Waals surface area contributed by atoms with E-state index in [1.807, 2.05) is 0 Å². The molecule has 2 atom stereocenters. The molecule has 1 unspecified atom stereocenters. The average Bonchev–Trinajstić information content (AvgIpc) is 3.15. The number of hydroxylamine groups is 2. The molecule has 1 fully saturated rings. The fourth-order valence-electron chi connectivity index (χ4n) is 2.55. The number of fused-ring (bicyclic) bond motifs is 1. The highest BCUT2D eigenvalue weighted by molar-refractivity contribution is 5.98. The molecule has 0 saturated carbocycles. The summed E-state index contributed by atoms with van der Waals surface area (Å²) in [4.78, 5) is 51.2. The zero-order valence-electron chi connectivity index (χ0n) is 14.1. The van der Waals surface area contributed by atoms with Crippen molar-refractivity contribution in [3.63, 3.8) is 0 Å². The fraction of sp³-hybridized carbons (Fsp3) is 0.294. The lowest BCUT2D eigenvalue weighted by Gasteiger charge is -2.30. The SMILES string of the molecule is COC(=O)C1(N2OC[C@@H](NC(C)=O)C2=O)C=CC(=O)O1.c1cc2ccc1-2. The van der Waals surface area contributed by atoms with Crippen LogP contribution >= 0.6 is 0 Å². The van der Waals surface area contributed by atoms with E-state index in [1.165, 1.54) is 18.1 Å². The molecule has 4 rings (SSSR count). The number of rotatable bonds is 3. The molecule has 2 amide bonds. The van der Waals surface area contributed by atoms with Crippen LogP contribution in [0.1, 0.15) is 6.92 Å². The maximum atomic E-state index is 12.1. The first-order chi connectivity index (χ1) is 12.4. The second kappa shape index (κ2) is 6.60. The van der Waals surface area contributed by atoms with Gasteiger partial charge in [-0.1, -0.05) is 24.3 Å². The van der Waals surface area contributed by atoms with Crippen molar-refractivity contribution < 1.29 is 33.5 Å². The van der Waals surface area contributed by atoms with Crippen LogP contribution in [-0.2, 0) is 33.5 Å². The minimum atomic E-state index is -2.09. The minimum Gasteiger partial charge on any atom is -0.464 e. The van der Waals surface area contributed by atoms with E-state index >= 15 is 0 Å². The Labute approximate surface area is 148 Å². The summed E-state index contributed by atoms with van der Waals surface area (Å²) in [5.74, 6) is -2.95. The first-order valence-corrected chi connectivity index (χ1v) is 7.72. The highest BCUT2D eigenvalue weighted by Gasteiger charge is 2.57. The molecule has 2 aliphatic carbocycles. The molecule has 0 aromatic rings. The lowest BCUT2D eigenvalue weighted by molar-refractivity contribution is -0.247. The summed E-state index contributed by atoms with van der Waals surface area (Å²) in [6.45, 7) is 1.06. The summed E-state index contributed by atoms with van der Waals surface area (Å²) in [7, 11) is 1.08. The predicted octanol–water partition coefficient (Wildman–Crippen LogP) is -0.0858. The Morgan fingerprint density at radius 1 is 1.23 bits per heavy atom. The van der Waals surface area contributed by atoms with Crippen molar-refractivity contribution in [1.82, 2.24) is 10.4 Å². The lowest BCUT2D eigenvalue weighted by Crippen LogP contribution is -2.56. The summed E-state index contributed by atoms with van der Waals surface area (Å²) in [6.07, 6.45) is 2.05. The van der Waals surface area contributed by atoms with Crippen LogP contribution in [0.15, 0.2) is 36.4 Å². The first-order valence-electron chi connectivity index (χ1n) is 7.72. The van der Waals surface area contributed by atoms with Gasteiger partial charge in [-0.05, 0) is 11.1 Å². The van der Waals surface area contributed by atoms with Crippen LogP contribution in [0.3, 0.4) is 0 Å². The van der Waals surface area contributed by atoms with Gasteiger partial charge in [0.1, 0.15) is 12.6 Å². The van der Waals surface area contributed by atoms with Gasteiger partial charge in [0.15, 0.2) is 0 Å². The van der Waals surface area contributed by atoms with Crippen molar-refractivity contribution in [3.8, 4) is 11.1 Å². The number of esters is 2. The minimum absolute atomic E-state index is 0.178. The summed E-state index contributed by atoms with van der Waals surface area (Å²) < 4.78 is 9.39. The lowest BCUT2D eigenvalue weighted by atomic mass is 9.95. The topological polar surface area (TPSA) is 111 Å². The van der Waals surface area contributed by atoms with Crippen LogP contribution in [0.2, 0.25) is 0 Å². The maximum Gasteiger partial charge on any atom is 0.379 e. The molecule has 0 bridgehead atoms. The smallest absolute Gasteiger partial charge is 0.379 e. The van der Waals surface area contributed by atoms with Crippen molar-refractivity contribution in [2.75, 3.05) is 13.7 Å². The predicted molar refractivity (Wildman–Crippen MR) is 85.8 cm³/mol. The van der Waals surface area contributed by atoms with E-state index in [9.17, 15) is 19.2 Å². The second-order valence-corrected chi connectivity index (χ2v) is 5.70. The van der Waals surface area contributed by atoms with Crippen molar-refractivity contribution in [3.05, 3.63) is 36.4 Å². The standard InChI is InChI=1S/C11H12N2O7.C6H4/c1-6(14)12-7-5-19-13(9(7)16)11(10(17)18-2)4-3-8(15)20-11;1-2-6-4-3-5(1)6/h3-4,7H,5H2,1-2H3,(H,12,14);1-4H/t7-,11?;/m1./s1. The second-order valence-electron chi connectivity index (χ2n) is 5.70. The maximum absolute atomic E-state index is 12.1. The van der Waals surface area contributed by atoms with Crippen molar-refractivity contribution in [2.45, 2.75) is 18.7 Å². The monoisotopic (exact) mass is 360 g/mol. The third kappa shape index (κ3) is 2.93. The quantitative estimate of drug-likeness (QED) is 0.762. The zero-order chi connectivity index (χ0) is 18.9. The largest absolute Gasteiger partial charge is 0.464 e. The molecule has 0 aromatic carbocycles. The van der Waals surface area contributed by atoms with Crippen LogP contribution in [-0.4, -0.2) is 54.3 Å². The Hall–Kier alpha value is -3.20. The van der Waals surface area contributed by atoms with Gasteiger partial charge in [0.05, 0.1) is 7.11 Å². The van der Waals surface area contributed by atoms with Crippen LogP contribution in [0.25, 0.3) is 11.1 Å². The van der Waals surface area contributed by atoms with Crippen molar-refractivity contribution >= 4 is 23.8 Å². The number of carbonyl (C=O) groups excluding carboxylic acids is 4. The molecular weight excluding hydrogens is 344 g/mol. The Morgan fingerprint density at radius 2 is 1.85 bits per heavy atom. The van der Waals surface area contributed by atoms with E-state index in [0.29, 0.717) is 5.06 Å². The van der Waals surface area contributed by atoms with Gasteiger partial charge in [-0.15, -0.1) is 0 Å². The molecule has 1 saturated heterocycles. The van der Waals surface area contributed by atoms with Gasteiger partial charge >= 0.3 is 17.7 Å². The number of hydrogen-bond donors (Lipinski definition) is 1. The Balaban J connectivity index is 0.000000269. The highest BCUT2D eigenvalue weighted by Crippen LogP contribution is 2.30. The number of methoxy groups -OCH3 is 1. The average molecular weight is 360 g/mol. The molecule has 9 heteroatoms. The normalized spacial score (nSPS) is 24.5. The number of benzene rings is 1. The molecule has 9 nitrogen and oxygen atoms in total. The number of cyclic esters (lactones) is 1. The van der Waals surface area contributed by atoms with Gasteiger partial charge in [-0.25, -0.2) is 9.59 Å². The highest BCUT2D eigenvalue weighted by atomic mass is 16.7. The third-order valence-electron chi connectivity index (χ3n) is 3.95. The molecule has 1 N–H and O–H groups in total. The van der Waals surface area contributed by atoms with Gasteiger partial charge in [0, 0.05) is 19.1 Å². The summed E-state index contributed by atoms with van der Waals surface area (Å²) >= 11 is 0. The fourth-order valence-corrected chi connectivity index (χ4v) is 2.55. The molecule has 2 heterocycles. The molecule has 2 aliphatic heterocycles. The molecule has 136 valence electrons. The summed E-state index contributed by atoms with van der Waals surface area (Å²) in [5.41, 5.74) is 0.765. The van der Waals surface area contributed by atoms with E-state index in [0.717, 1.165) is 19.3 Å². The van der Waals surface area contributed by atoms with E-state index in [1.54, 1.807) is 0 Å². The number of nitrogens with one attached hydrogen (secondary N) is 1. The molecule has 0 spiro atoms. The zero-order valence-corrected chi connectivity index (χ0v) is 14.1. The number of nitrogens with zero attached hydrogens (tertiary/aromatic N) is 1. The van der Waals surface area contributed by atoms with Crippen LogP contribution in [0.4, 0.5) is 0 Å². The van der Waals surface area contributed by atoms with Crippen molar-refractivity contribution in [1.29, 1.82) is 0 Å². The van der Waals surface area contributed by atoms with Gasteiger partial charge in [-0.2, -0.15) is 5.06 Å². The van der Waals surface area contributed by atoms with Crippen LogP contribution < -0.4 is 5.32 Å². The number of carbonyl (C=O) groups is 4. The van der Waals surface area contributed by atoms with Gasteiger partial charge in [0.2, 0.25) is 5.91 Å². The van der Waals surface area contributed by atoms with Crippen molar-refractivity contribution in [2.24, 2.45) is 0 Å². The Kier molecular flexibility index (Phi) is 4.47. The Morgan fingerprint density at radius 3 is 2.23 bits per heavy atom. The summed E-state index contributed by atoms with van der Waals surface area (Å²) in [6, 6.07) is 7.52. The van der Waals surface area contributed by atoms with Crippen LogP contribution in [0, 0.1) is 0 Å². The van der Waals surface area contributed by atoms with E-state index in [4.69, 9.17) is 9.57 Å². The van der Waals surface area contributed by atoms with Gasteiger partial charge < -0.3 is 14.8 Å².